The van der Waals surface area contributed by atoms with Gasteiger partial charge in [-0.25, -0.2) is 0 Å². The standard InChI is InChI=1S/C8H20N2O/c1-4-10(7(2)3)8(5-9)6-11/h7-8,11H,4-6,9H2,1-3H3. The lowest BCUT2D eigenvalue weighted by Gasteiger charge is -2.31. The maximum absolute atomic E-state index is 8.95. The molecule has 3 nitrogen and oxygen atoms in total. The molecular weight excluding hydrogens is 140 g/mol. The summed E-state index contributed by atoms with van der Waals surface area (Å²) < 4.78 is 0. The maximum atomic E-state index is 8.95. The van der Waals surface area contributed by atoms with E-state index in [0.717, 1.165) is 6.54 Å². The zero-order valence-electron chi connectivity index (χ0n) is 7.75. The minimum atomic E-state index is 0.125. The van der Waals surface area contributed by atoms with Crippen molar-refractivity contribution in [3.8, 4) is 0 Å². The lowest BCUT2D eigenvalue weighted by molar-refractivity contribution is 0.106. The summed E-state index contributed by atoms with van der Waals surface area (Å²) in [7, 11) is 0. The predicted octanol–water partition coefficient (Wildman–Crippen LogP) is 0.0363. The third-order valence-corrected chi connectivity index (χ3v) is 1.98. The Morgan fingerprint density at radius 2 is 2.00 bits per heavy atom. The van der Waals surface area contributed by atoms with Crippen LogP contribution in [-0.2, 0) is 0 Å². The van der Waals surface area contributed by atoms with Gasteiger partial charge in [0.2, 0.25) is 0 Å². The molecule has 0 aliphatic carbocycles. The Morgan fingerprint density at radius 1 is 1.45 bits per heavy atom. The SMILES string of the molecule is CCN(C(C)C)C(CN)CO. The van der Waals surface area contributed by atoms with Crippen molar-refractivity contribution in [2.75, 3.05) is 19.7 Å². The Morgan fingerprint density at radius 3 is 2.09 bits per heavy atom. The topological polar surface area (TPSA) is 49.5 Å². The molecule has 0 saturated carbocycles. The number of aliphatic hydroxyl groups excluding tert-OH is 1. The van der Waals surface area contributed by atoms with E-state index >= 15 is 0 Å². The second-order valence-electron chi connectivity index (χ2n) is 3.00. The van der Waals surface area contributed by atoms with Crippen molar-refractivity contribution >= 4 is 0 Å². The average Bonchev–Trinajstić information content (AvgIpc) is 1.99. The number of aliphatic hydroxyl groups is 1. The molecule has 3 heteroatoms. The Bertz CT molecular complexity index is 92.1. The zero-order chi connectivity index (χ0) is 8.85. The molecule has 1 unspecified atom stereocenters. The van der Waals surface area contributed by atoms with E-state index < -0.39 is 0 Å². The van der Waals surface area contributed by atoms with Gasteiger partial charge < -0.3 is 10.8 Å². The van der Waals surface area contributed by atoms with Crippen LogP contribution in [0.25, 0.3) is 0 Å². The highest BCUT2D eigenvalue weighted by Gasteiger charge is 2.16. The molecule has 0 amide bonds. The number of hydrogen-bond acceptors (Lipinski definition) is 3. The van der Waals surface area contributed by atoms with Crippen LogP contribution >= 0.6 is 0 Å². The summed E-state index contributed by atoms with van der Waals surface area (Å²) in [5.74, 6) is 0. The van der Waals surface area contributed by atoms with Gasteiger partial charge in [0.15, 0.2) is 0 Å². The maximum Gasteiger partial charge on any atom is 0.0599 e. The van der Waals surface area contributed by atoms with E-state index in [-0.39, 0.29) is 12.6 Å². The summed E-state index contributed by atoms with van der Waals surface area (Å²) in [6.45, 7) is 7.94. The van der Waals surface area contributed by atoms with Gasteiger partial charge in [-0.2, -0.15) is 0 Å². The minimum Gasteiger partial charge on any atom is -0.395 e. The van der Waals surface area contributed by atoms with E-state index in [0.29, 0.717) is 12.6 Å². The predicted molar refractivity (Wildman–Crippen MR) is 47.4 cm³/mol. The first kappa shape index (κ1) is 10.9. The summed E-state index contributed by atoms with van der Waals surface area (Å²) in [4.78, 5) is 2.19. The van der Waals surface area contributed by atoms with Gasteiger partial charge in [-0.15, -0.1) is 0 Å². The third kappa shape index (κ3) is 3.18. The van der Waals surface area contributed by atoms with Gasteiger partial charge in [-0.05, 0) is 20.4 Å². The van der Waals surface area contributed by atoms with Crippen molar-refractivity contribution in [2.45, 2.75) is 32.9 Å². The van der Waals surface area contributed by atoms with Crippen LogP contribution in [0.15, 0.2) is 0 Å². The normalized spacial score (nSPS) is 14.5. The molecule has 0 bridgehead atoms. The van der Waals surface area contributed by atoms with Crippen molar-refractivity contribution < 1.29 is 5.11 Å². The van der Waals surface area contributed by atoms with Crippen LogP contribution in [0.4, 0.5) is 0 Å². The molecule has 0 fully saturated rings. The van der Waals surface area contributed by atoms with Crippen LogP contribution in [0.1, 0.15) is 20.8 Å². The molecule has 0 saturated heterocycles. The van der Waals surface area contributed by atoms with Gasteiger partial charge in [0.25, 0.3) is 0 Å². The number of nitrogens with two attached hydrogens (primary N) is 1. The van der Waals surface area contributed by atoms with Crippen molar-refractivity contribution in [3.05, 3.63) is 0 Å². The lowest BCUT2D eigenvalue weighted by Crippen LogP contribution is -2.46. The molecule has 0 aliphatic heterocycles. The summed E-state index contributed by atoms with van der Waals surface area (Å²) in [5.41, 5.74) is 5.50. The third-order valence-electron chi connectivity index (χ3n) is 1.98. The fourth-order valence-corrected chi connectivity index (χ4v) is 1.36. The highest BCUT2D eigenvalue weighted by atomic mass is 16.3. The van der Waals surface area contributed by atoms with Crippen molar-refractivity contribution in [2.24, 2.45) is 5.73 Å². The highest BCUT2D eigenvalue weighted by Crippen LogP contribution is 2.02. The Balaban J connectivity index is 3.98. The van der Waals surface area contributed by atoms with Crippen LogP contribution < -0.4 is 5.73 Å². The molecule has 3 N–H and O–H groups in total. The van der Waals surface area contributed by atoms with E-state index in [4.69, 9.17) is 10.8 Å². The summed E-state index contributed by atoms with van der Waals surface area (Å²) in [6.07, 6.45) is 0. The first-order valence-electron chi connectivity index (χ1n) is 4.24. The molecule has 0 radical (unpaired) electrons. The minimum absolute atomic E-state index is 0.125. The molecule has 0 aromatic carbocycles. The molecule has 1 atom stereocenters. The van der Waals surface area contributed by atoms with Crippen LogP contribution in [0.5, 0.6) is 0 Å². The summed E-state index contributed by atoms with van der Waals surface area (Å²) in [5, 5.41) is 8.95. The van der Waals surface area contributed by atoms with Crippen LogP contribution in [0, 0.1) is 0 Å². The van der Waals surface area contributed by atoms with Crippen LogP contribution in [-0.4, -0.2) is 41.8 Å². The smallest absolute Gasteiger partial charge is 0.0599 e. The van der Waals surface area contributed by atoms with E-state index in [1.807, 2.05) is 0 Å². The van der Waals surface area contributed by atoms with Crippen molar-refractivity contribution in [1.82, 2.24) is 4.90 Å². The first-order valence-corrected chi connectivity index (χ1v) is 4.24. The molecule has 0 aromatic heterocycles. The Hall–Kier alpha value is -0.120. The molecule has 11 heavy (non-hydrogen) atoms. The highest BCUT2D eigenvalue weighted by molar-refractivity contribution is 4.73. The Kier molecular flexibility index (Phi) is 5.46. The lowest BCUT2D eigenvalue weighted by atomic mass is 10.2. The van der Waals surface area contributed by atoms with Crippen LogP contribution in [0.2, 0.25) is 0 Å². The molecule has 0 aliphatic rings. The second kappa shape index (κ2) is 5.52. The largest absolute Gasteiger partial charge is 0.395 e. The van der Waals surface area contributed by atoms with E-state index in [2.05, 4.69) is 25.7 Å². The number of nitrogens with zero attached hydrogens (tertiary/aromatic N) is 1. The van der Waals surface area contributed by atoms with Crippen molar-refractivity contribution in [1.29, 1.82) is 0 Å². The number of hydrogen-bond donors (Lipinski definition) is 2. The van der Waals surface area contributed by atoms with E-state index in [1.165, 1.54) is 0 Å². The van der Waals surface area contributed by atoms with Gasteiger partial charge in [0, 0.05) is 18.6 Å². The first-order chi connectivity index (χ1) is 5.17. The van der Waals surface area contributed by atoms with E-state index in [1.54, 1.807) is 0 Å². The molecule has 0 heterocycles. The van der Waals surface area contributed by atoms with E-state index in [9.17, 15) is 0 Å². The Labute approximate surface area is 69.2 Å². The second-order valence-corrected chi connectivity index (χ2v) is 3.00. The summed E-state index contributed by atoms with van der Waals surface area (Å²) >= 11 is 0. The van der Waals surface area contributed by atoms with Gasteiger partial charge >= 0.3 is 0 Å². The molecule has 68 valence electrons. The fraction of sp³-hybridized carbons (Fsp3) is 1.00. The zero-order valence-corrected chi connectivity index (χ0v) is 7.75. The quantitative estimate of drug-likeness (QED) is 0.597. The van der Waals surface area contributed by atoms with Gasteiger partial charge in [-0.3, -0.25) is 4.90 Å². The molecule has 0 spiro atoms. The van der Waals surface area contributed by atoms with Crippen LogP contribution in [0.3, 0.4) is 0 Å². The van der Waals surface area contributed by atoms with Gasteiger partial charge in [-0.1, -0.05) is 6.92 Å². The van der Waals surface area contributed by atoms with Crippen molar-refractivity contribution in [3.63, 3.8) is 0 Å². The molecule has 0 rings (SSSR count). The number of likely N-dealkylation sites (N-methyl/N-ethyl adjacent to an activating group) is 1. The summed E-state index contributed by atoms with van der Waals surface area (Å²) in [6, 6.07) is 0.584. The van der Waals surface area contributed by atoms with Gasteiger partial charge in [0.1, 0.15) is 0 Å². The number of rotatable bonds is 5. The molecule has 0 aromatic rings. The molecular formula is C8H20N2O. The fourth-order valence-electron chi connectivity index (χ4n) is 1.36. The monoisotopic (exact) mass is 160 g/mol. The average molecular weight is 160 g/mol. The van der Waals surface area contributed by atoms with Gasteiger partial charge in [0.05, 0.1) is 6.61 Å².